The smallest absolute Gasteiger partial charge is 0.224 e. The second kappa shape index (κ2) is 6.09. The highest BCUT2D eigenvalue weighted by molar-refractivity contribution is 6.01. The molecule has 0 atom stereocenters. The molecule has 1 N–H and O–H groups in total. The Morgan fingerprint density at radius 2 is 1.80 bits per heavy atom. The lowest BCUT2D eigenvalue weighted by Crippen LogP contribution is -2.02. The SMILES string of the molecule is CCn1c(N/N=C\c2c(C)n(C)c3ccccc23)nc2ccccc21. The van der Waals surface area contributed by atoms with Crippen LogP contribution in [0.15, 0.2) is 53.6 Å². The molecule has 0 spiro atoms. The van der Waals surface area contributed by atoms with Crippen molar-refractivity contribution in [3.8, 4) is 0 Å². The van der Waals surface area contributed by atoms with Crippen molar-refractivity contribution in [1.29, 1.82) is 0 Å². The molecule has 0 saturated heterocycles. The van der Waals surface area contributed by atoms with E-state index in [2.05, 4.69) is 75.9 Å². The summed E-state index contributed by atoms with van der Waals surface area (Å²) in [4.78, 5) is 4.64. The van der Waals surface area contributed by atoms with E-state index in [1.165, 1.54) is 16.6 Å². The lowest BCUT2D eigenvalue weighted by Gasteiger charge is -2.04. The lowest BCUT2D eigenvalue weighted by atomic mass is 10.1. The molecule has 5 heteroatoms. The number of rotatable bonds is 4. The van der Waals surface area contributed by atoms with Gasteiger partial charge in [-0.1, -0.05) is 30.3 Å². The maximum absolute atomic E-state index is 4.64. The molecule has 5 nitrogen and oxygen atoms in total. The van der Waals surface area contributed by atoms with Crippen LogP contribution in [0.1, 0.15) is 18.2 Å². The Morgan fingerprint density at radius 1 is 1.08 bits per heavy atom. The first-order chi connectivity index (χ1) is 12.2. The van der Waals surface area contributed by atoms with Crippen LogP contribution in [0.25, 0.3) is 21.9 Å². The molecule has 0 saturated carbocycles. The van der Waals surface area contributed by atoms with Gasteiger partial charge in [-0.25, -0.2) is 10.4 Å². The van der Waals surface area contributed by atoms with Crippen molar-refractivity contribution >= 4 is 34.1 Å². The summed E-state index contributed by atoms with van der Waals surface area (Å²) in [5.74, 6) is 0.762. The van der Waals surface area contributed by atoms with Gasteiger partial charge in [0.1, 0.15) is 0 Å². The predicted molar refractivity (Wildman–Crippen MR) is 104 cm³/mol. The quantitative estimate of drug-likeness (QED) is 0.447. The highest BCUT2D eigenvalue weighted by Gasteiger charge is 2.10. The van der Waals surface area contributed by atoms with Crippen molar-refractivity contribution in [3.63, 3.8) is 0 Å². The highest BCUT2D eigenvalue weighted by atomic mass is 15.4. The minimum Gasteiger partial charge on any atom is -0.347 e. The first kappa shape index (κ1) is 15.4. The number of imidazole rings is 1. The van der Waals surface area contributed by atoms with E-state index in [1.807, 2.05) is 24.4 Å². The van der Waals surface area contributed by atoms with E-state index in [-0.39, 0.29) is 0 Å². The van der Waals surface area contributed by atoms with Gasteiger partial charge in [-0.3, -0.25) is 0 Å². The van der Waals surface area contributed by atoms with E-state index in [4.69, 9.17) is 0 Å². The Labute approximate surface area is 146 Å². The van der Waals surface area contributed by atoms with Crippen molar-refractivity contribution in [2.24, 2.45) is 12.1 Å². The maximum atomic E-state index is 4.64. The number of fused-ring (bicyclic) bond motifs is 2. The fourth-order valence-electron chi connectivity index (χ4n) is 3.35. The average molecular weight is 331 g/mol. The third-order valence-electron chi connectivity index (χ3n) is 4.78. The molecule has 0 amide bonds. The lowest BCUT2D eigenvalue weighted by molar-refractivity contribution is 0.791. The second-order valence-electron chi connectivity index (χ2n) is 6.11. The predicted octanol–water partition coefficient (Wildman–Crippen LogP) is 4.30. The molecule has 4 rings (SSSR count). The van der Waals surface area contributed by atoms with Gasteiger partial charge in [0, 0.05) is 35.8 Å². The van der Waals surface area contributed by atoms with E-state index in [0.29, 0.717) is 0 Å². The van der Waals surface area contributed by atoms with Crippen LogP contribution in [-0.4, -0.2) is 20.3 Å². The summed E-state index contributed by atoms with van der Waals surface area (Å²) >= 11 is 0. The first-order valence-corrected chi connectivity index (χ1v) is 8.49. The molecule has 0 aliphatic carbocycles. The molecule has 2 aromatic carbocycles. The highest BCUT2D eigenvalue weighted by Crippen LogP contribution is 2.23. The topological polar surface area (TPSA) is 47.1 Å². The number of hydrogen-bond donors (Lipinski definition) is 1. The van der Waals surface area contributed by atoms with Gasteiger partial charge in [0.15, 0.2) is 0 Å². The number of benzene rings is 2. The van der Waals surface area contributed by atoms with Gasteiger partial charge in [-0.15, -0.1) is 0 Å². The Kier molecular flexibility index (Phi) is 3.76. The first-order valence-electron chi connectivity index (χ1n) is 8.49. The van der Waals surface area contributed by atoms with Gasteiger partial charge in [0.25, 0.3) is 0 Å². The molecule has 126 valence electrons. The number of nitrogens with one attached hydrogen (secondary N) is 1. The van der Waals surface area contributed by atoms with Crippen LogP contribution in [0.5, 0.6) is 0 Å². The summed E-state index contributed by atoms with van der Waals surface area (Å²) in [6.45, 7) is 5.06. The summed E-state index contributed by atoms with van der Waals surface area (Å²) in [6.07, 6.45) is 1.89. The van der Waals surface area contributed by atoms with Crippen LogP contribution in [0.4, 0.5) is 5.95 Å². The normalized spacial score (nSPS) is 11.8. The van der Waals surface area contributed by atoms with Gasteiger partial charge in [0.05, 0.1) is 17.2 Å². The van der Waals surface area contributed by atoms with Crippen LogP contribution in [-0.2, 0) is 13.6 Å². The van der Waals surface area contributed by atoms with Crippen molar-refractivity contribution in [2.45, 2.75) is 20.4 Å². The zero-order valence-electron chi connectivity index (χ0n) is 14.7. The third-order valence-corrected chi connectivity index (χ3v) is 4.78. The number of nitrogens with zero attached hydrogens (tertiary/aromatic N) is 4. The number of para-hydroxylation sites is 3. The molecule has 2 aromatic heterocycles. The van der Waals surface area contributed by atoms with Crippen LogP contribution >= 0.6 is 0 Å². The molecule has 0 aliphatic heterocycles. The number of aryl methyl sites for hydroxylation is 2. The Balaban J connectivity index is 1.69. The van der Waals surface area contributed by atoms with Gasteiger partial charge in [-0.2, -0.15) is 5.10 Å². The van der Waals surface area contributed by atoms with Crippen LogP contribution in [0.3, 0.4) is 0 Å². The van der Waals surface area contributed by atoms with E-state index in [1.54, 1.807) is 0 Å². The maximum Gasteiger partial charge on any atom is 0.224 e. The van der Waals surface area contributed by atoms with E-state index >= 15 is 0 Å². The zero-order valence-corrected chi connectivity index (χ0v) is 14.7. The molecule has 0 unspecified atom stereocenters. The Bertz CT molecular complexity index is 1080. The summed E-state index contributed by atoms with van der Waals surface area (Å²) in [5.41, 5.74) is 8.74. The van der Waals surface area contributed by atoms with Crippen molar-refractivity contribution < 1.29 is 0 Å². The van der Waals surface area contributed by atoms with Crippen LogP contribution < -0.4 is 5.43 Å². The van der Waals surface area contributed by atoms with Crippen LogP contribution in [0.2, 0.25) is 0 Å². The summed E-state index contributed by atoms with van der Waals surface area (Å²) in [5, 5.41) is 5.67. The summed E-state index contributed by atoms with van der Waals surface area (Å²) < 4.78 is 4.32. The van der Waals surface area contributed by atoms with Crippen molar-refractivity contribution in [2.75, 3.05) is 5.43 Å². The van der Waals surface area contributed by atoms with Crippen molar-refractivity contribution in [1.82, 2.24) is 14.1 Å². The van der Waals surface area contributed by atoms with Crippen LogP contribution in [0, 0.1) is 6.92 Å². The molecule has 2 heterocycles. The van der Waals surface area contributed by atoms with Gasteiger partial charge in [0.2, 0.25) is 5.95 Å². The number of hydrogen-bond acceptors (Lipinski definition) is 3. The molecule has 0 bridgehead atoms. The average Bonchev–Trinajstić information content (AvgIpc) is 3.12. The van der Waals surface area contributed by atoms with Gasteiger partial charge >= 0.3 is 0 Å². The van der Waals surface area contributed by atoms with Crippen molar-refractivity contribution in [3.05, 3.63) is 59.8 Å². The van der Waals surface area contributed by atoms with E-state index < -0.39 is 0 Å². The monoisotopic (exact) mass is 331 g/mol. The van der Waals surface area contributed by atoms with E-state index in [9.17, 15) is 0 Å². The zero-order chi connectivity index (χ0) is 17.4. The molecular formula is C20H21N5. The largest absolute Gasteiger partial charge is 0.347 e. The minimum absolute atomic E-state index is 0.762. The molecule has 0 fully saturated rings. The van der Waals surface area contributed by atoms with Gasteiger partial charge in [-0.05, 0) is 32.0 Å². The fraction of sp³-hybridized carbons (Fsp3) is 0.200. The van der Waals surface area contributed by atoms with E-state index in [0.717, 1.165) is 29.1 Å². The molecule has 0 aliphatic rings. The molecule has 0 radical (unpaired) electrons. The Morgan fingerprint density at radius 3 is 2.60 bits per heavy atom. The standard InChI is InChI=1S/C20H21N5/c1-4-25-19-12-8-6-10-17(19)22-20(25)23-21-13-16-14(2)24(3)18-11-7-5-9-15(16)18/h5-13H,4H2,1-3H3,(H,22,23)/b21-13-. The Hall–Kier alpha value is -3.08. The second-order valence-corrected chi connectivity index (χ2v) is 6.11. The molecular weight excluding hydrogens is 310 g/mol. The summed E-state index contributed by atoms with van der Waals surface area (Å²) in [6, 6.07) is 16.5. The summed E-state index contributed by atoms with van der Waals surface area (Å²) in [7, 11) is 2.08. The number of aromatic nitrogens is 3. The minimum atomic E-state index is 0.762. The number of anilines is 1. The number of hydrazone groups is 1. The molecule has 25 heavy (non-hydrogen) atoms. The molecule has 4 aromatic rings. The third kappa shape index (κ3) is 2.48. The van der Waals surface area contributed by atoms with Gasteiger partial charge < -0.3 is 9.13 Å². The fourth-order valence-corrected chi connectivity index (χ4v) is 3.35.